The summed E-state index contributed by atoms with van der Waals surface area (Å²) >= 11 is 0. The first-order chi connectivity index (χ1) is 7.95. The van der Waals surface area contributed by atoms with E-state index < -0.39 is 13.1 Å². The van der Waals surface area contributed by atoms with E-state index >= 15 is 0 Å². The Kier molecular flexibility index (Phi) is 2.84. The van der Waals surface area contributed by atoms with Crippen LogP contribution in [0.2, 0.25) is 0 Å². The molecular weight excluding hydrogens is 237 g/mol. The van der Waals surface area contributed by atoms with Gasteiger partial charge in [0.15, 0.2) is 0 Å². The molecule has 1 aromatic heterocycles. The number of H-pyrrole nitrogens is 1. The Balaban J connectivity index is 2.84. The van der Waals surface area contributed by atoms with Crippen molar-refractivity contribution < 1.29 is 14.1 Å². The largest absolute Gasteiger partial charge is 0.465 e. The molecule has 0 radical (unpaired) electrons. The molecule has 0 fully saturated rings. The lowest BCUT2D eigenvalue weighted by atomic mass is 10.1. The summed E-state index contributed by atoms with van der Waals surface area (Å²) in [7, 11) is -1.25. The van der Waals surface area contributed by atoms with Gasteiger partial charge in [-0.25, -0.2) is 4.79 Å². The van der Waals surface area contributed by atoms with E-state index in [2.05, 4.69) is 4.98 Å². The van der Waals surface area contributed by atoms with E-state index in [4.69, 9.17) is 4.74 Å². The van der Waals surface area contributed by atoms with Crippen LogP contribution < -0.4 is 5.30 Å². The minimum absolute atomic E-state index is 0.371. The molecule has 0 saturated heterocycles. The Labute approximate surface area is 99.3 Å². The molecular formula is C12H14NO3P. The van der Waals surface area contributed by atoms with Crippen LogP contribution in [0.15, 0.2) is 24.4 Å². The van der Waals surface area contributed by atoms with Crippen molar-refractivity contribution in [3.05, 3.63) is 30.0 Å². The molecule has 0 aliphatic heterocycles. The van der Waals surface area contributed by atoms with Crippen LogP contribution >= 0.6 is 7.14 Å². The Morgan fingerprint density at radius 3 is 2.59 bits per heavy atom. The van der Waals surface area contributed by atoms with Gasteiger partial charge in [0.05, 0.1) is 18.2 Å². The molecule has 2 aromatic rings. The first-order valence-electron chi connectivity index (χ1n) is 5.19. The summed E-state index contributed by atoms with van der Waals surface area (Å²) in [5.74, 6) is -0.458. The maximum Gasteiger partial charge on any atom is 0.338 e. The van der Waals surface area contributed by atoms with E-state index in [1.807, 2.05) is 12.1 Å². The number of fused-ring (bicyclic) bond motifs is 1. The van der Waals surface area contributed by atoms with Crippen LogP contribution in [0.25, 0.3) is 10.9 Å². The quantitative estimate of drug-likeness (QED) is 0.657. The van der Waals surface area contributed by atoms with Gasteiger partial charge in [-0.3, -0.25) is 0 Å². The normalized spacial score (nSPS) is 11.7. The van der Waals surface area contributed by atoms with Crippen molar-refractivity contribution in [2.45, 2.75) is 0 Å². The zero-order chi connectivity index (χ0) is 12.6. The van der Waals surface area contributed by atoms with Crippen LogP contribution in [0.5, 0.6) is 0 Å². The highest BCUT2D eigenvalue weighted by Crippen LogP contribution is 2.39. The van der Waals surface area contributed by atoms with E-state index in [1.165, 1.54) is 7.11 Å². The summed E-state index contributed by atoms with van der Waals surface area (Å²) < 4.78 is 17.1. The van der Waals surface area contributed by atoms with Crippen LogP contribution in [0.1, 0.15) is 10.4 Å². The number of carbonyl (C=O) groups is 1. The van der Waals surface area contributed by atoms with Gasteiger partial charge in [-0.05, 0) is 25.5 Å². The molecule has 0 spiro atoms. The minimum Gasteiger partial charge on any atom is -0.465 e. The van der Waals surface area contributed by atoms with Gasteiger partial charge in [-0.1, -0.05) is 6.07 Å². The molecule has 4 nitrogen and oxygen atoms in total. The zero-order valence-electron chi connectivity index (χ0n) is 9.98. The number of esters is 1. The fourth-order valence-corrected chi connectivity index (χ4v) is 3.42. The summed E-state index contributed by atoms with van der Waals surface area (Å²) in [5.41, 5.74) is 1.12. The Bertz CT molecular complexity index is 624. The number of aromatic nitrogens is 1. The minimum atomic E-state index is -2.57. The van der Waals surface area contributed by atoms with Crippen LogP contribution in [-0.4, -0.2) is 31.4 Å². The molecule has 2 rings (SSSR count). The van der Waals surface area contributed by atoms with Crippen molar-refractivity contribution in [3.63, 3.8) is 0 Å². The van der Waals surface area contributed by atoms with Gasteiger partial charge in [-0.2, -0.15) is 0 Å². The Morgan fingerprint density at radius 1 is 1.29 bits per heavy atom. The number of aromatic amines is 1. The van der Waals surface area contributed by atoms with Gasteiger partial charge in [0, 0.05) is 16.9 Å². The van der Waals surface area contributed by atoms with E-state index in [-0.39, 0.29) is 0 Å². The third-order valence-corrected chi connectivity index (χ3v) is 4.19. The number of nitrogens with one attached hydrogen (secondary N) is 1. The maximum atomic E-state index is 12.3. The smallest absolute Gasteiger partial charge is 0.338 e. The number of methoxy groups -OCH3 is 1. The van der Waals surface area contributed by atoms with Crippen molar-refractivity contribution in [3.8, 4) is 0 Å². The summed E-state index contributed by atoms with van der Waals surface area (Å²) in [4.78, 5) is 14.7. The van der Waals surface area contributed by atoms with Gasteiger partial charge in [0.1, 0.15) is 7.14 Å². The number of hydrogen-bond acceptors (Lipinski definition) is 3. The number of ether oxygens (including phenoxy) is 1. The van der Waals surface area contributed by atoms with Gasteiger partial charge in [-0.15, -0.1) is 0 Å². The maximum absolute atomic E-state index is 12.3. The van der Waals surface area contributed by atoms with E-state index in [0.29, 0.717) is 10.9 Å². The molecule has 0 amide bonds. The molecule has 0 bridgehead atoms. The van der Waals surface area contributed by atoms with Crippen molar-refractivity contribution in [1.82, 2.24) is 4.98 Å². The predicted molar refractivity (Wildman–Crippen MR) is 68.7 cm³/mol. The highest BCUT2D eigenvalue weighted by molar-refractivity contribution is 7.70. The summed E-state index contributed by atoms with van der Waals surface area (Å²) in [5, 5.41) is 1.50. The predicted octanol–water partition coefficient (Wildman–Crippen LogP) is 2.20. The van der Waals surface area contributed by atoms with Crippen molar-refractivity contribution in [1.29, 1.82) is 0 Å². The molecule has 0 aliphatic carbocycles. The second-order valence-corrected chi connectivity index (χ2v) is 7.40. The SMILES string of the molecule is COC(=O)c1ccc2cc[nH]c2c1P(C)(C)=O. The third kappa shape index (κ3) is 2.01. The number of carbonyl (C=O) groups excluding carboxylic acids is 1. The lowest BCUT2D eigenvalue weighted by Gasteiger charge is -2.13. The number of hydrogen-bond donors (Lipinski definition) is 1. The fraction of sp³-hybridized carbons (Fsp3) is 0.250. The van der Waals surface area contributed by atoms with Crippen LogP contribution in [0, 0.1) is 0 Å². The molecule has 0 aliphatic rings. The molecule has 0 unspecified atom stereocenters. The van der Waals surface area contributed by atoms with Crippen molar-refractivity contribution in [2.75, 3.05) is 20.4 Å². The van der Waals surface area contributed by atoms with E-state index in [1.54, 1.807) is 25.6 Å². The standard InChI is InChI=1S/C12H14NO3P/c1-16-12(14)9-5-4-8-6-7-13-10(8)11(9)17(2,3)15/h4-7,13H,1-3H3. The number of rotatable bonds is 2. The molecule has 90 valence electrons. The highest BCUT2D eigenvalue weighted by atomic mass is 31.2. The molecule has 17 heavy (non-hydrogen) atoms. The Morgan fingerprint density at radius 2 is 2.00 bits per heavy atom. The molecule has 0 atom stereocenters. The van der Waals surface area contributed by atoms with Crippen LogP contribution in [-0.2, 0) is 9.30 Å². The van der Waals surface area contributed by atoms with E-state index in [9.17, 15) is 9.36 Å². The molecule has 5 heteroatoms. The second kappa shape index (κ2) is 4.04. The first-order valence-corrected chi connectivity index (χ1v) is 7.79. The van der Waals surface area contributed by atoms with Crippen LogP contribution in [0.3, 0.4) is 0 Å². The highest BCUT2D eigenvalue weighted by Gasteiger charge is 2.24. The van der Waals surface area contributed by atoms with E-state index in [0.717, 1.165) is 10.9 Å². The van der Waals surface area contributed by atoms with Crippen LogP contribution in [0.4, 0.5) is 0 Å². The summed E-state index contributed by atoms with van der Waals surface area (Å²) in [6.45, 7) is 3.30. The third-order valence-electron chi connectivity index (χ3n) is 2.64. The van der Waals surface area contributed by atoms with Crippen molar-refractivity contribution in [2.24, 2.45) is 0 Å². The molecule has 1 N–H and O–H groups in total. The zero-order valence-corrected chi connectivity index (χ0v) is 10.9. The topological polar surface area (TPSA) is 59.2 Å². The van der Waals surface area contributed by atoms with Gasteiger partial charge in [0.25, 0.3) is 0 Å². The molecule has 1 aromatic carbocycles. The van der Waals surface area contributed by atoms with Crippen molar-refractivity contribution >= 4 is 29.3 Å². The monoisotopic (exact) mass is 251 g/mol. The average Bonchev–Trinajstić information content (AvgIpc) is 2.72. The Hall–Kier alpha value is -1.54. The average molecular weight is 251 g/mol. The first kappa shape index (κ1) is 11.9. The lowest BCUT2D eigenvalue weighted by Crippen LogP contribution is -2.17. The summed E-state index contributed by atoms with van der Waals surface area (Å²) in [6.07, 6.45) is 1.77. The van der Waals surface area contributed by atoms with Gasteiger partial charge in [0.2, 0.25) is 0 Å². The lowest BCUT2D eigenvalue weighted by molar-refractivity contribution is 0.0602. The summed E-state index contributed by atoms with van der Waals surface area (Å²) in [6, 6.07) is 5.36. The molecule has 1 heterocycles. The van der Waals surface area contributed by atoms with Gasteiger partial charge >= 0.3 is 5.97 Å². The fourth-order valence-electron chi connectivity index (χ4n) is 1.95. The molecule has 0 saturated carbocycles. The van der Waals surface area contributed by atoms with Gasteiger partial charge < -0.3 is 14.3 Å². The number of benzene rings is 1. The second-order valence-electron chi connectivity index (χ2n) is 4.25.